The van der Waals surface area contributed by atoms with Crippen molar-refractivity contribution >= 4 is 23.2 Å². The van der Waals surface area contributed by atoms with Crippen molar-refractivity contribution in [3.63, 3.8) is 0 Å². The van der Waals surface area contributed by atoms with Crippen LogP contribution in [-0.2, 0) is 11.3 Å². The molecule has 4 aromatic rings. The number of hydrogen-bond acceptors (Lipinski definition) is 8. The number of carbonyl (C=O) groups excluding carboxylic acids is 2. The normalized spacial score (nSPS) is 14.1. The molecular formula is C30H27FN4O6. The summed E-state index contributed by atoms with van der Waals surface area (Å²) in [6, 6.07) is 16.6. The Morgan fingerprint density at radius 2 is 1.78 bits per heavy atom. The topological polar surface area (TPSA) is 115 Å². The fourth-order valence-corrected chi connectivity index (χ4v) is 4.72. The van der Waals surface area contributed by atoms with Gasteiger partial charge < -0.3 is 34.3 Å². The molecule has 0 aliphatic carbocycles. The summed E-state index contributed by atoms with van der Waals surface area (Å²) >= 11 is 0. The Labute approximate surface area is 235 Å². The molecule has 3 aromatic carbocycles. The molecule has 10 nitrogen and oxygen atoms in total. The minimum absolute atomic E-state index is 0.0463. The largest absolute Gasteiger partial charge is 0.454 e. The van der Waals surface area contributed by atoms with Gasteiger partial charge in [-0.2, -0.15) is 0 Å². The van der Waals surface area contributed by atoms with E-state index in [2.05, 4.69) is 15.8 Å². The summed E-state index contributed by atoms with van der Waals surface area (Å²) in [4.78, 5) is 27.8. The lowest BCUT2D eigenvalue weighted by Gasteiger charge is -2.29. The van der Waals surface area contributed by atoms with Crippen LogP contribution >= 0.6 is 0 Å². The van der Waals surface area contributed by atoms with Crippen molar-refractivity contribution in [2.45, 2.75) is 13.5 Å². The summed E-state index contributed by atoms with van der Waals surface area (Å²) in [5.74, 6) is -0.0117. The third-order valence-electron chi connectivity index (χ3n) is 6.92. The van der Waals surface area contributed by atoms with Gasteiger partial charge in [-0.15, -0.1) is 0 Å². The number of carbonyl (C=O) groups is 2. The third kappa shape index (κ3) is 5.85. The smallest absolute Gasteiger partial charge is 0.290 e. The standard InChI is InChI=1S/C30H27FN4O6/c1-18-2-4-22(33-29(36)20-11-21(31)13-23(12-20)35-6-8-38-9-7-35)14-24(18)25-15-28(41-34-25)30(37)32-16-19-3-5-26-27(10-19)40-17-39-26/h2-5,10-15H,6-9,16-17H2,1H3,(H,32,37)(H,33,36). The number of nitrogens with one attached hydrogen (secondary N) is 2. The highest BCUT2D eigenvalue weighted by molar-refractivity contribution is 6.05. The summed E-state index contributed by atoms with van der Waals surface area (Å²) in [5.41, 5.74) is 4.15. The molecule has 0 atom stereocenters. The molecule has 1 aromatic heterocycles. The van der Waals surface area contributed by atoms with Gasteiger partial charge in [-0.25, -0.2) is 4.39 Å². The minimum atomic E-state index is -0.490. The Hall–Kier alpha value is -4.90. The van der Waals surface area contributed by atoms with Crippen molar-refractivity contribution in [1.29, 1.82) is 0 Å². The van der Waals surface area contributed by atoms with Gasteiger partial charge in [-0.05, 0) is 60.5 Å². The first-order valence-corrected chi connectivity index (χ1v) is 13.1. The SMILES string of the molecule is Cc1ccc(NC(=O)c2cc(F)cc(N3CCOCC3)c2)cc1-c1cc(C(=O)NCc2ccc3c(c2)OCO3)on1. The van der Waals surface area contributed by atoms with Gasteiger partial charge in [0.2, 0.25) is 12.6 Å². The lowest BCUT2D eigenvalue weighted by molar-refractivity contribution is 0.0913. The molecule has 2 N–H and O–H groups in total. The fourth-order valence-electron chi connectivity index (χ4n) is 4.72. The zero-order valence-electron chi connectivity index (χ0n) is 22.2. The molecule has 0 spiro atoms. The minimum Gasteiger partial charge on any atom is -0.454 e. The summed E-state index contributed by atoms with van der Waals surface area (Å²) in [6.07, 6.45) is 0. The quantitative estimate of drug-likeness (QED) is 0.340. The zero-order chi connectivity index (χ0) is 28.3. The molecule has 41 heavy (non-hydrogen) atoms. The van der Waals surface area contributed by atoms with Crippen molar-refractivity contribution in [1.82, 2.24) is 10.5 Å². The average Bonchev–Trinajstić information content (AvgIpc) is 3.67. The molecule has 1 saturated heterocycles. The predicted octanol–water partition coefficient (Wildman–Crippen LogP) is 4.54. The Morgan fingerprint density at radius 1 is 0.951 bits per heavy atom. The van der Waals surface area contributed by atoms with E-state index in [1.807, 2.05) is 30.0 Å². The fraction of sp³-hybridized carbons (Fsp3) is 0.233. The number of fused-ring (bicyclic) bond motifs is 1. The van der Waals surface area contributed by atoms with E-state index in [1.165, 1.54) is 12.1 Å². The number of rotatable bonds is 7. The van der Waals surface area contributed by atoms with Crippen molar-refractivity contribution < 1.29 is 32.7 Å². The molecule has 210 valence electrons. The van der Waals surface area contributed by atoms with E-state index in [9.17, 15) is 14.0 Å². The number of halogens is 1. The maximum absolute atomic E-state index is 14.4. The number of anilines is 2. The Bertz CT molecular complexity index is 1610. The van der Waals surface area contributed by atoms with Gasteiger partial charge in [-0.3, -0.25) is 9.59 Å². The van der Waals surface area contributed by atoms with Gasteiger partial charge in [-0.1, -0.05) is 17.3 Å². The molecule has 2 aliphatic heterocycles. The van der Waals surface area contributed by atoms with Gasteiger partial charge in [0.15, 0.2) is 11.5 Å². The molecule has 6 rings (SSSR count). The highest BCUT2D eigenvalue weighted by Gasteiger charge is 2.19. The van der Waals surface area contributed by atoms with Crippen molar-refractivity contribution in [2.75, 3.05) is 43.3 Å². The van der Waals surface area contributed by atoms with E-state index in [0.29, 0.717) is 60.4 Å². The second kappa shape index (κ2) is 11.3. The lowest BCUT2D eigenvalue weighted by atomic mass is 10.0. The van der Waals surface area contributed by atoms with Gasteiger partial charge in [0.1, 0.15) is 11.5 Å². The van der Waals surface area contributed by atoms with E-state index in [4.69, 9.17) is 18.7 Å². The Morgan fingerprint density at radius 3 is 2.63 bits per heavy atom. The maximum Gasteiger partial charge on any atom is 0.290 e. The zero-order valence-corrected chi connectivity index (χ0v) is 22.2. The molecule has 0 unspecified atom stereocenters. The summed E-state index contributed by atoms with van der Waals surface area (Å²) in [7, 11) is 0. The highest BCUT2D eigenvalue weighted by Crippen LogP contribution is 2.32. The van der Waals surface area contributed by atoms with E-state index in [1.54, 1.807) is 30.3 Å². The number of hydrogen-bond donors (Lipinski definition) is 2. The monoisotopic (exact) mass is 558 g/mol. The number of amides is 2. The predicted molar refractivity (Wildman–Crippen MR) is 148 cm³/mol. The highest BCUT2D eigenvalue weighted by atomic mass is 19.1. The van der Waals surface area contributed by atoms with E-state index < -0.39 is 17.6 Å². The molecule has 2 amide bonds. The summed E-state index contributed by atoms with van der Waals surface area (Å²) < 4.78 is 35.8. The molecule has 1 fully saturated rings. The number of aryl methyl sites for hydroxylation is 1. The number of ether oxygens (including phenoxy) is 3. The van der Waals surface area contributed by atoms with Crippen LogP contribution in [0.15, 0.2) is 65.2 Å². The summed E-state index contributed by atoms with van der Waals surface area (Å²) in [5, 5.41) is 9.71. The van der Waals surface area contributed by atoms with E-state index in [-0.39, 0.29) is 24.7 Å². The first-order chi connectivity index (χ1) is 19.9. The van der Waals surface area contributed by atoms with Crippen LogP contribution in [0.4, 0.5) is 15.8 Å². The van der Waals surface area contributed by atoms with Crippen LogP contribution in [0, 0.1) is 12.7 Å². The Kier molecular flexibility index (Phi) is 7.26. The third-order valence-corrected chi connectivity index (χ3v) is 6.92. The number of nitrogens with zero attached hydrogens (tertiary/aromatic N) is 2. The summed E-state index contributed by atoms with van der Waals surface area (Å²) in [6.45, 7) is 4.68. The second-order valence-corrected chi connectivity index (χ2v) is 9.73. The van der Waals surface area contributed by atoms with Crippen LogP contribution in [0.3, 0.4) is 0 Å². The van der Waals surface area contributed by atoms with Crippen molar-refractivity contribution in [2.24, 2.45) is 0 Å². The van der Waals surface area contributed by atoms with Crippen LogP contribution in [0.2, 0.25) is 0 Å². The second-order valence-electron chi connectivity index (χ2n) is 9.73. The lowest BCUT2D eigenvalue weighted by Crippen LogP contribution is -2.36. The van der Waals surface area contributed by atoms with Crippen LogP contribution in [0.5, 0.6) is 11.5 Å². The van der Waals surface area contributed by atoms with Gasteiger partial charge in [0.05, 0.1) is 13.2 Å². The van der Waals surface area contributed by atoms with Gasteiger partial charge in [0.25, 0.3) is 11.8 Å². The molecule has 11 heteroatoms. The molecule has 0 saturated carbocycles. The molecular weight excluding hydrogens is 531 g/mol. The Balaban J connectivity index is 1.14. The van der Waals surface area contributed by atoms with Gasteiger partial charge in [0, 0.05) is 48.2 Å². The number of aromatic nitrogens is 1. The molecule has 2 aliphatic rings. The number of benzene rings is 3. The van der Waals surface area contributed by atoms with Crippen LogP contribution < -0.4 is 25.0 Å². The first-order valence-electron chi connectivity index (χ1n) is 13.1. The van der Waals surface area contributed by atoms with Crippen LogP contribution in [0.1, 0.15) is 32.0 Å². The van der Waals surface area contributed by atoms with Crippen molar-refractivity contribution in [3.05, 3.63) is 88.9 Å². The average molecular weight is 559 g/mol. The van der Waals surface area contributed by atoms with Crippen LogP contribution in [-0.4, -0.2) is 50.1 Å². The first kappa shape index (κ1) is 26.3. The van der Waals surface area contributed by atoms with Crippen LogP contribution in [0.25, 0.3) is 11.3 Å². The molecule has 3 heterocycles. The molecule has 0 bridgehead atoms. The van der Waals surface area contributed by atoms with Crippen molar-refractivity contribution in [3.8, 4) is 22.8 Å². The van der Waals surface area contributed by atoms with E-state index in [0.717, 1.165) is 11.1 Å². The maximum atomic E-state index is 14.4. The van der Waals surface area contributed by atoms with E-state index >= 15 is 0 Å². The molecule has 0 radical (unpaired) electrons. The van der Waals surface area contributed by atoms with Gasteiger partial charge >= 0.3 is 0 Å². The number of morpholine rings is 1.